The predicted octanol–water partition coefficient (Wildman–Crippen LogP) is 0.179. The Labute approximate surface area is 80.6 Å². The summed E-state index contributed by atoms with van der Waals surface area (Å²) in [4.78, 5) is 15.4. The number of aromatic nitrogens is 3. The molecule has 0 bridgehead atoms. The summed E-state index contributed by atoms with van der Waals surface area (Å²) in [7, 11) is 0. The van der Waals surface area contributed by atoms with Crippen molar-refractivity contribution in [1.29, 1.82) is 0 Å². The van der Waals surface area contributed by atoms with Gasteiger partial charge in [-0.2, -0.15) is 5.10 Å². The van der Waals surface area contributed by atoms with Gasteiger partial charge in [-0.3, -0.25) is 4.79 Å². The van der Waals surface area contributed by atoms with Crippen LogP contribution < -0.4 is 5.73 Å². The summed E-state index contributed by atoms with van der Waals surface area (Å²) >= 11 is 0. The minimum atomic E-state index is -0.132. The lowest BCUT2D eigenvalue weighted by Crippen LogP contribution is -2.14. The van der Waals surface area contributed by atoms with E-state index in [2.05, 4.69) is 10.1 Å². The summed E-state index contributed by atoms with van der Waals surface area (Å²) in [5.74, 6) is -0.132. The first-order valence-corrected chi connectivity index (χ1v) is 4.26. The highest BCUT2D eigenvalue weighted by Crippen LogP contribution is 2.04. The van der Waals surface area contributed by atoms with Crippen molar-refractivity contribution in [1.82, 2.24) is 14.6 Å². The Morgan fingerprint density at radius 3 is 3.14 bits per heavy atom. The van der Waals surface area contributed by atoms with Gasteiger partial charge in [0, 0.05) is 18.5 Å². The highest BCUT2D eigenvalue weighted by atomic mass is 16.1. The number of carbonyl (C=O) groups is 1. The molecular formula is C9H10N4O. The molecule has 2 rings (SSSR count). The minimum absolute atomic E-state index is 0.00651. The fourth-order valence-electron chi connectivity index (χ4n) is 1.26. The molecule has 0 amide bonds. The van der Waals surface area contributed by atoms with Crippen molar-refractivity contribution in [3.05, 3.63) is 29.7 Å². The molecule has 0 aromatic carbocycles. The topological polar surface area (TPSA) is 73.3 Å². The smallest absolute Gasteiger partial charge is 0.179 e. The third-order valence-corrected chi connectivity index (χ3v) is 1.94. The van der Waals surface area contributed by atoms with E-state index in [-0.39, 0.29) is 12.3 Å². The third-order valence-electron chi connectivity index (χ3n) is 1.94. The number of hydrogen-bond donors (Lipinski definition) is 1. The van der Waals surface area contributed by atoms with Crippen molar-refractivity contribution >= 4 is 11.4 Å². The van der Waals surface area contributed by atoms with Crippen LogP contribution in [-0.4, -0.2) is 26.9 Å². The van der Waals surface area contributed by atoms with Gasteiger partial charge in [-0.1, -0.05) is 0 Å². The van der Waals surface area contributed by atoms with Gasteiger partial charge < -0.3 is 5.73 Å². The molecule has 0 spiro atoms. The van der Waals surface area contributed by atoms with Crippen molar-refractivity contribution in [2.75, 3.05) is 6.54 Å². The van der Waals surface area contributed by atoms with Crippen LogP contribution in [0.2, 0.25) is 0 Å². The van der Waals surface area contributed by atoms with Crippen LogP contribution in [0.3, 0.4) is 0 Å². The summed E-state index contributed by atoms with van der Waals surface area (Å²) in [5.41, 5.74) is 7.34. The molecule has 0 radical (unpaired) electrons. The average molecular weight is 190 g/mol. The van der Waals surface area contributed by atoms with Gasteiger partial charge >= 0.3 is 0 Å². The molecule has 0 aliphatic rings. The standard InChI is InChI=1S/C9H10N4O/c1-6-2-9-11-4-7(8(14)3-10)5-13(9)12-6/h2,4-5H,3,10H2,1H3. The van der Waals surface area contributed by atoms with Crippen LogP contribution in [-0.2, 0) is 0 Å². The maximum absolute atomic E-state index is 11.3. The maximum atomic E-state index is 11.3. The number of carbonyl (C=O) groups excluding carboxylic acids is 1. The van der Waals surface area contributed by atoms with Gasteiger partial charge in [-0.05, 0) is 6.92 Å². The number of Topliss-reactive ketones (excluding diaryl/α,β-unsaturated/α-hetero) is 1. The Morgan fingerprint density at radius 2 is 2.43 bits per heavy atom. The van der Waals surface area contributed by atoms with Gasteiger partial charge in [-0.25, -0.2) is 9.50 Å². The van der Waals surface area contributed by atoms with Gasteiger partial charge in [0.25, 0.3) is 0 Å². The molecule has 0 aliphatic heterocycles. The molecule has 2 N–H and O–H groups in total. The number of fused-ring (bicyclic) bond motifs is 1. The fourth-order valence-corrected chi connectivity index (χ4v) is 1.26. The number of ketones is 1. The van der Waals surface area contributed by atoms with Crippen LogP contribution in [0.15, 0.2) is 18.5 Å². The van der Waals surface area contributed by atoms with E-state index in [1.54, 1.807) is 10.7 Å². The lowest BCUT2D eigenvalue weighted by molar-refractivity contribution is 0.100. The zero-order valence-electron chi connectivity index (χ0n) is 7.77. The predicted molar refractivity (Wildman–Crippen MR) is 51.1 cm³/mol. The van der Waals surface area contributed by atoms with E-state index in [1.807, 2.05) is 13.0 Å². The lowest BCUT2D eigenvalue weighted by atomic mass is 10.2. The minimum Gasteiger partial charge on any atom is -0.324 e. The molecule has 72 valence electrons. The van der Waals surface area contributed by atoms with Gasteiger partial charge in [0.1, 0.15) is 0 Å². The molecule has 0 fully saturated rings. The van der Waals surface area contributed by atoms with Crippen molar-refractivity contribution in [2.24, 2.45) is 5.73 Å². The monoisotopic (exact) mass is 190 g/mol. The Balaban J connectivity index is 2.55. The summed E-state index contributed by atoms with van der Waals surface area (Å²) in [6.07, 6.45) is 3.16. The Morgan fingerprint density at radius 1 is 1.64 bits per heavy atom. The number of hydrogen-bond acceptors (Lipinski definition) is 4. The number of nitrogens with zero attached hydrogens (tertiary/aromatic N) is 3. The van der Waals surface area contributed by atoms with E-state index in [0.717, 1.165) is 11.3 Å². The zero-order valence-corrected chi connectivity index (χ0v) is 7.77. The molecule has 5 nitrogen and oxygen atoms in total. The summed E-state index contributed by atoms with van der Waals surface area (Å²) in [6.45, 7) is 1.87. The van der Waals surface area contributed by atoms with Gasteiger partial charge in [0.2, 0.25) is 0 Å². The highest BCUT2D eigenvalue weighted by Gasteiger charge is 2.06. The Bertz CT molecular complexity index is 489. The molecule has 0 aliphatic carbocycles. The van der Waals surface area contributed by atoms with Crippen molar-refractivity contribution < 1.29 is 4.79 Å². The maximum Gasteiger partial charge on any atom is 0.179 e. The van der Waals surface area contributed by atoms with Crippen molar-refractivity contribution in [2.45, 2.75) is 6.92 Å². The van der Waals surface area contributed by atoms with E-state index >= 15 is 0 Å². The highest BCUT2D eigenvalue weighted by molar-refractivity contribution is 5.97. The second kappa shape index (κ2) is 3.19. The molecule has 5 heteroatoms. The summed E-state index contributed by atoms with van der Waals surface area (Å²) in [6, 6.07) is 1.84. The second-order valence-electron chi connectivity index (χ2n) is 3.06. The molecule has 0 saturated heterocycles. The van der Waals surface area contributed by atoms with Crippen LogP contribution in [0.4, 0.5) is 0 Å². The summed E-state index contributed by atoms with van der Waals surface area (Å²) < 4.78 is 1.58. The largest absolute Gasteiger partial charge is 0.324 e. The van der Waals surface area contributed by atoms with Crippen LogP contribution in [0.25, 0.3) is 5.65 Å². The first-order valence-electron chi connectivity index (χ1n) is 4.26. The van der Waals surface area contributed by atoms with Crippen LogP contribution in [0.5, 0.6) is 0 Å². The van der Waals surface area contributed by atoms with Crippen LogP contribution in [0, 0.1) is 6.92 Å². The molecule has 0 saturated carbocycles. The van der Waals surface area contributed by atoms with Gasteiger partial charge in [0.05, 0.1) is 17.8 Å². The number of nitrogens with two attached hydrogens (primary N) is 1. The molecule has 2 aromatic heterocycles. The third kappa shape index (κ3) is 1.38. The number of rotatable bonds is 2. The fraction of sp³-hybridized carbons (Fsp3) is 0.222. The Kier molecular flexibility index (Phi) is 2.01. The van der Waals surface area contributed by atoms with E-state index in [0.29, 0.717) is 5.56 Å². The Hall–Kier alpha value is -1.75. The van der Waals surface area contributed by atoms with E-state index in [1.165, 1.54) is 6.20 Å². The van der Waals surface area contributed by atoms with E-state index < -0.39 is 0 Å². The molecule has 2 heterocycles. The normalized spacial score (nSPS) is 10.7. The van der Waals surface area contributed by atoms with Crippen molar-refractivity contribution in [3.63, 3.8) is 0 Å². The van der Waals surface area contributed by atoms with E-state index in [9.17, 15) is 4.79 Å². The zero-order chi connectivity index (χ0) is 10.1. The van der Waals surface area contributed by atoms with Gasteiger partial charge in [0.15, 0.2) is 11.4 Å². The second-order valence-corrected chi connectivity index (χ2v) is 3.06. The first-order chi connectivity index (χ1) is 6.70. The van der Waals surface area contributed by atoms with Crippen LogP contribution in [0.1, 0.15) is 16.1 Å². The molecule has 0 unspecified atom stereocenters. The quantitative estimate of drug-likeness (QED) is 0.685. The molecule has 2 aromatic rings. The summed E-state index contributed by atoms with van der Waals surface area (Å²) in [5, 5.41) is 4.15. The average Bonchev–Trinajstić information content (AvgIpc) is 2.55. The molecule has 0 atom stereocenters. The van der Waals surface area contributed by atoms with Crippen molar-refractivity contribution in [3.8, 4) is 0 Å². The first kappa shape index (κ1) is 8.83. The van der Waals surface area contributed by atoms with Gasteiger partial charge in [-0.15, -0.1) is 0 Å². The van der Waals surface area contributed by atoms with E-state index in [4.69, 9.17) is 5.73 Å². The molecular weight excluding hydrogens is 180 g/mol. The SMILES string of the molecule is Cc1cc2ncc(C(=O)CN)cn2n1. The number of aryl methyl sites for hydroxylation is 1. The van der Waals surface area contributed by atoms with Crippen LogP contribution >= 0.6 is 0 Å². The lowest BCUT2D eigenvalue weighted by Gasteiger charge is -1.97. The molecule has 14 heavy (non-hydrogen) atoms.